The summed E-state index contributed by atoms with van der Waals surface area (Å²) in [6, 6.07) is 3.19. The van der Waals surface area contributed by atoms with Gasteiger partial charge in [-0.25, -0.2) is 0 Å². The van der Waals surface area contributed by atoms with Gasteiger partial charge in [0, 0.05) is 31.4 Å². The number of carbonyl (C=O) groups excluding carboxylic acids is 2. The van der Waals surface area contributed by atoms with E-state index < -0.39 is 0 Å². The van der Waals surface area contributed by atoms with Crippen LogP contribution < -0.4 is 5.32 Å². The van der Waals surface area contributed by atoms with E-state index in [0.717, 1.165) is 13.0 Å². The highest BCUT2D eigenvalue weighted by Crippen LogP contribution is 2.08. The monoisotopic (exact) mass is 320 g/mol. The lowest BCUT2D eigenvalue weighted by atomic mass is 10.2. The Morgan fingerprint density at radius 1 is 1.35 bits per heavy atom. The summed E-state index contributed by atoms with van der Waals surface area (Å²) in [6.07, 6.45) is 2.37. The van der Waals surface area contributed by atoms with Gasteiger partial charge in [-0.3, -0.25) is 14.6 Å². The molecule has 0 aliphatic carbocycles. The molecule has 1 aromatic rings. The summed E-state index contributed by atoms with van der Waals surface area (Å²) in [7, 11) is 3.98. The van der Waals surface area contributed by atoms with Crippen LogP contribution in [0.3, 0.4) is 0 Å². The molecule has 126 valence electrons. The zero-order valence-corrected chi connectivity index (χ0v) is 13.7. The molecule has 1 aliphatic rings. The van der Waals surface area contributed by atoms with E-state index in [9.17, 15) is 9.59 Å². The Labute approximate surface area is 136 Å². The molecule has 1 aromatic heterocycles. The van der Waals surface area contributed by atoms with Gasteiger partial charge in [-0.1, -0.05) is 0 Å². The Hall–Kier alpha value is -1.99. The number of ether oxygens (including phenoxy) is 1. The van der Waals surface area contributed by atoms with Crippen molar-refractivity contribution in [2.45, 2.75) is 6.42 Å². The van der Waals surface area contributed by atoms with Crippen molar-refractivity contribution in [2.24, 2.45) is 0 Å². The Balaban J connectivity index is 1.93. The number of hydrogen-bond donors (Lipinski definition) is 1. The number of carbonyl (C=O) groups is 2. The van der Waals surface area contributed by atoms with E-state index in [2.05, 4.69) is 15.2 Å². The summed E-state index contributed by atoms with van der Waals surface area (Å²) in [5, 5.41) is 2.83. The lowest BCUT2D eigenvalue weighted by molar-refractivity contribution is 0.0303. The van der Waals surface area contributed by atoms with Crippen LogP contribution in [0.1, 0.15) is 27.3 Å². The molecule has 2 rings (SSSR count). The zero-order chi connectivity index (χ0) is 16.7. The molecule has 7 heteroatoms. The third-order valence-electron chi connectivity index (χ3n) is 3.61. The number of aromatic nitrogens is 1. The smallest absolute Gasteiger partial charge is 0.269 e. The molecule has 0 spiro atoms. The highest BCUT2D eigenvalue weighted by atomic mass is 16.5. The average molecular weight is 320 g/mol. The molecular weight excluding hydrogens is 296 g/mol. The number of hydrogen-bond acceptors (Lipinski definition) is 5. The first-order chi connectivity index (χ1) is 11.1. The molecule has 1 saturated heterocycles. The largest absolute Gasteiger partial charge is 0.378 e. The highest BCUT2D eigenvalue weighted by molar-refractivity contribution is 5.98. The number of amides is 2. The Kier molecular flexibility index (Phi) is 6.49. The molecule has 2 amide bonds. The van der Waals surface area contributed by atoms with Crippen LogP contribution >= 0.6 is 0 Å². The minimum atomic E-state index is -0.250. The third-order valence-corrected chi connectivity index (χ3v) is 3.61. The Morgan fingerprint density at radius 2 is 2.09 bits per heavy atom. The zero-order valence-electron chi connectivity index (χ0n) is 13.7. The molecule has 1 aliphatic heterocycles. The number of rotatable bonds is 6. The maximum absolute atomic E-state index is 12.4. The van der Waals surface area contributed by atoms with Crippen LogP contribution in [0.5, 0.6) is 0 Å². The summed E-state index contributed by atoms with van der Waals surface area (Å²) in [6.45, 7) is 3.75. The first kappa shape index (κ1) is 17.4. The van der Waals surface area contributed by atoms with Crippen molar-refractivity contribution in [1.82, 2.24) is 20.1 Å². The molecule has 0 bridgehead atoms. The predicted octanol–water partition coefficient (Wildman–Crippen LogP) is 0.236. The number of nitrogens with one attached hydrogen (secondary N) is 1. The molecule has 1 fully saturated rings. The lowest BCUT2D eigenvalue weighted by Gasteiger charge is -2.26. The topological polar surface area (TPSA) is 74.8 Å². The SMILES string of the molecule is CN(C)CCCNC(=O)c1cc(C(=O)N2CCOCC2)ccn1. The van der Waals surface area contributed by atoms with Crippen LogP contribution in [0.2, 0.25) is 0 Å². The van der Waals surface area contributed by atoms with Crippen LogP contribution in [0, 0.1) is 0 Å². The maximum atomic E-state index is 12.4. The van der Waals surface area contributed by atoms with E-state index in [-0.39, 0.29) is 17.5 Å². The van der Waals surface area contributed by atoms with Crippen LogP contribution in [0.15, 0.2) is 18.3 Å². The first-order valence-electron chi connectivity index (χ1n) is 7.84. The number of nitrogens with zero attached hydrogens (tertiary/aromatic N) is 3. The molecule has 7 nitrogen and oxygen atoms in total. The number of pyridine rings is 1. The Morgan fingerprint density at radius 3 is 2.78 bits per heavy atom. The van der Waals surface area contributed by atoms with Gasteiger partial charge in [-0.05, 0) is 39.2 Å². The van der Waals surface area contributed by atoms with Gasteiger partial charge in [0.2, 0.25) is 0 Å². The van der Waals surface area contributed by atoms with E-state index in [0.29, 0.717) is 38.4 Å². The van der Waals surface area contributed by atoms with Crippen LogP contribution in [-0.2, 0) is 4.74 Å². The summed E-state index contributed by atoms with van der Waals surface area (Å²) >= 11 is 0. The van der Waals surface area contributed by atoms with Crippen LogP contribution in [-0.4, -0.2) is 80.1 Å². The van der Waals surface area contributed by atoms with Crippen molar-refractivity contribution in [3.8, 4) is 0 Å². The second-order valence-corrected chi connectivity index (χ2v) is 5.75. The summed E-state index contributed by atoms with van der Waals surface area (Å²) in [5.74, 6) is -0.335. The molecule has 0 aromatic carbocycles. The minimum absolute atomic E-state index is 0.0858. The van der Waals surface area contributed by atoms with Gasteiger partial charge in [0.1, 0.15) is 5.69 Å². The van der Waals surface area contributed by atoms with Gasteiger partial charge >= 0.3 is 0 Å². The summed E-state index contributed by atoms with van der Waals surface area (Å²) in [5.41, 5.74) is 0.759. The quantitative estimate of drug-likeness (QED) is 0.760. The van der Waals surface area contributed by atoms with Gasteiger partial charge in [0.15, 0.2) is 0 Å². The molecule has 23 heavy (non-hydrogen) atoms. The lowest BCUT2D eigenvalue weighted by Crippen LogP contribution is -2.40. The van der Waals surface area contributed by atoms with Crippen molar-refractivity contribution in [1.29, 1.82) is 0 Å². The summed E-state index contributed by atoms with van der Waals surface area (Å²) in [4.78, 5) is 32.4. The van der Waals surface area contributed by atoms with Crippen molar-refractivity contribution in [2.75, 3.05) is 53.5 Å². The number of morpholine rings is 1. The van der Waals surface area contributed by atoms with Crippen molar-refractivity contribution >= 4 is 11.8 Å². The second-order valence-electron chi connectivity index (χ2n) is 5.75. The average Bonchev–Trinajstić information content (AvgIpc) is 2.58. The van der Waals surface area contributed by atoms with Gasteiger partial charge in [-0.2, -0.15) is 0 Å². The van der Waals surface area contributed by atoms with Gasteiger partial charge < -0.3 is 19.9 Å². The third kappa shape index (κ3) is 5.30. The molecule has 0 saturated carbocycles. The fourth-order valence-corrected chi connectivity index (χ4v) is 2.32. The molecule has 0 atom stereocenters. The van der Waals surface area contributed by atoms with Crippen molar-refractivity contribution in [3.05, 3.63) is 29.6 Å². The van der Waals surface area contributed by atoms with E-state index in [1.54, 1.807) is 17.0 Å². The van der Waals surface area contributed by atoms with E-state index in [1.807, 2.05) is 14.1 Å². The minimum Gasteiger partial charge on any atom is -0.378 e. The van der Waals surface area contributed by atoms with Gasteiger partial charge in [-0.15, -0.1) is 0 Å². The second kappa shape index (κ2) is 8.59. The molecule has 2 heterocycles. The van der Waals surface area contributed by atoms with E-state index in [4.69, 9.17) is 4.74 Å². The predicted molar refractivity (Wildman–Crippen MR) is 86.5 cm³/mol. The van der Waals surface area contributed by atoms with Gasteiger partial charge in [0.05, 0.1) is 13.2 Å². The van der Waals surface area contributed by atoms with E-state index in [1.165, 1.54) is 6.20 Å². The Bertz CT molecular complexity index is 542. The fourth-order valence-electron chi connectivity index (χ4n) is 2.32. The molecule has 1 N–H and O–H groups in total. The standard InChI is InChI=1S/C16H24N4O3/c1-19(2)7-3-5-18-15(21)14-12-13(4-6-17-14)16(22)20-8-10-23-11-9-20/h4,6,12H,3,5,7-11H2,1-2H3,(H,18,21). The van der Waals surface area contributed by atoms with Crippen LogP contribution in [0.25, 0.3) is 0 Å². The highest BCUT2D eigenvalue weighted by Gasteiger charge is 2.19. The summed E-state index contributed by atoms with van der Waals surface area (Å²) < 4.78 is 5.25. The maximum Gasteiger partial charge on any atom is 0.269 e. The van der Waals surface area contributed by atoms with Crippen LogP contribution in [0.4, 0.5) is 0 Å². The first-order valence-corrected chi connectivity index (χ1v) is 7.84. The van der Waals surface area contributed by atoms with Crippen molar-refractivity contribution < 1.29 is 14.3 Å². The molecule has 0 radical (unpaired) electrons. The molecular formula is C16H24N4O3. The van der Waals surface area contributed by atoms with Gasteiger partial charge in [0.25, 0.3) is 11.8 Å². The normalized spacial score (nSPS) is 14.8. The fraction of sp³-hybridized carbons (Fsp3) is 0.562. The molecule has 0 unspecified atom stereocenters. The van der Waals surface area contributed by atoms with E-state index >= 15 is 0 Å². The van der Waals surface area contributed by atoms with Crippen molar-refractivity contribution in [3.63, 3.8) is 0 Å².